The van der Waals surface area contributed by atoms with Crippen LogP contribution in [-0.4, -0.2) is 39.6 Å². The highest BCUT2D eigenvalue weighted by molar-refractivity contribution is 5.96. The molecule has 2 aromatic rings. The second-order valence-electron chi connectivity index (χ2n) is 8.85. The molecule has 0 atom stereocenters. The van der Waals surface area contributed by atoms with Gasteiger partial charge in [-0.25, -0.2) is 0 Å². The maximum absolute atomic E-state index is 13.7. The molecule has 1 aliphatic carbocycles. The number of hydrogen-bond donors (Lipinski definition) is 0. The van der Waals surface area contributed by atoms with Crippen LogP contribution in [0.15, 0.2) is 30.5 Å². The van der Waals surface area contributed by atoms with E-state index in [1.165, 1.54) is 0 Å². The van der Waals surface area contributed by atoms with Crippen LogP contribution in [0.4, 0.5) is 5.69 Å². The number of benzene rings is 1. The summed E-state index contributed by atoms with van der Waals surface area (Å²) < 4.78 is 1.89. The Morgan fingerprint density at radius 3 is 2.45 bits per heavy atom. The van der Waals surface area contributed by atoms with Crippen LogP contribution >= 0.6 is 0 Å². The Balaban J connectivity index is 1.67. The fourth-order valence-corrected chi connectivity index (χ4v) is 4.51. The number of carbonyl (C=O) groups excluding carboxylic acids is 2. The Morgan fingerprint density at radius 2 is 1.74 bits per heavy atom. The molecule has 6 nitrogen and oxygen atoms in total. The largest absolute Gasteiger partial charge is 0.334 e. The lowest BCUT2D eigenvalue weighted by Gasteiger charge is -2.29. The van der Waals surface area contributed by atoms with E-state index < -0.39 is 0 Å². The van der Waals surface area contributed by atoms with Gasteiger partial charge in [-0.05, 0) is 44.2 Å². The number of rotatable bonds is 3. The van der Waals surface area contributed by atoms with Crippen molar-refractivity contribution < 1.29 is 9.59 Å². The van der Waals surface area contributed by atoms with E-state index in [2.05, 4.69) is 13.0 Å². The van der Waals surface area contributed by atoms with Gasteiger partial charge in [0, 0.05) is 50.9 Å². The van der Waals surface area contributed by atoms with Crippen LogP contribution in [0.5, 0.6) is 0 Å². The molecule has 2 aliphatic rings. The molecule has 0 bridgehead atoms. The summed E-state index contributed by atoms with van der Waals surface area (Å²) in [5.41, 5.74) is 3.69. The highest BCUT2D eigenvalue weighted by Gasteiger charge is 2.33. The van der Waals surface area contributed by atoms with Gasteiger partial charge in [-0.1, -0.05) is 37.5 Å². The van der Waals surface area contributed by atoms with Crippen molar-refractivity contribution in [3.8, 4) is 0 Å². The summed E-state index contributed by atoms with van der Waals surface area (Å²) in [4.78, 5) is 30.0. The van der Waals surface area contributed by atoms with Gasteiger partial charge in [0.05, 0.1) is 11.3 Å². The van der Waals surface area contributed by atoms with Crippen molar-refractivity contribution in [1.29, 1.82) is 0 Å². The first kappa shape index (κ1) is 21.6. The van der Waals surface area contributed by atoms with E-state index in [1.807, 2.05) is 38.9 Å². The minimum atomic E-state index is 0.0580. The van der Waals surface area contributed by atoms with Gasteiger partial charge in [0.2, 0.25) is 5.91 Å². The van der Waals surface area contributed by atoms with E-state index >= 15 is 0 Å². The number of amides is 2. The first-order valence-corrected chi connectivity index (χ1v) is 11.8. The number of nitrogens with zero attached hydrogens (tertiary/aromatic N) is 4. The number of carbonyl (C=O) groups is 2. The van der Waals surface area contributed by atoms with E-state index in [0.717, 1.165) is 87.1 Å². The van der Waals surface area contributed by atoms with E-state index in [1.54, 1.807) is 6.92 Å². The average Bonchev–Trinajstić information content (AvgIpc) is 3.52. The summed E-state index contributed by atoms with van der Waals surface area (Å²) in [6, 6.07) is 8.03. The molecule has 1 aromatic heterocycles. The number of fused-ring (bicyclic) bond motifs is 1. The van der Waals surface area contributed by atoms with E-state index in [9.17, 15) is 9.59 Å². The van der Waals surface area contributed by atoms with Gasteiger partial charge in [-0.2, -0.15) is 5.10 Å². The lowest BCUT2D eigenvalue weighted by atomic mass is 10.1. The fraction of sp³-hybridized carbons (Fsp3) is 0.560. The van der Waals surface area contributed by atoms with Crippen LogP contribution in [0.3, 0.4) is 0 Å². The van der Waals surface area contributed by atoms with Crippen molar-refractivity contribution in [2.45, 2.75) is 77.8 Å². The Bertz CT molecular complexity index is 931. The standard InChI is InChI=1S/C25H34N4O2/c1-3-28-18-22(24(26-28)20-13-14-20)25(31)27-15-9-5-4-6-10-16-29(19(2)30)23-12-8-7-11-21(23)17-27/h7-8,11-12,18,20H,3-6,9-10,13-17H2,1-2H3. The van der Waals surface area contributed by atoms with Gasteiger partial charge < -0.3 is 9.80 Å². The predicted molar refractivity (Wildman–Crippen MR) is 122 cm³/mol. The van der Waals surface area contributed by atoms with E-state index in [0.29, 0.717) is 12.5 Å². The summed E-state index contributed by atoms with van der Waals surface area (Å²) in [5.74, 6) is 0.560. The first-order valence-electron chi connectivity index (χ1n) is 11.8. The van der Waals surface area contributed by atoms with Crippen LogP contribution in [0.1, 0.15) is 86.3 Å². The van der Waals surface area contributed by atoms with Crippen molar-refractivity contribution in [3.05, 3.63) is 47.3 Å². The van der Waals surface area contributed by atoms with Crippen molar-refractivity contribution in [2.75, 3.05) is 18.0 Å². The van der Waals surface area contributed by atoms with Gasteiger partial charge in [-0.3, -0.25) is 14.3 Å². The normalized spacial score (nSPS) is 18.1. The fourth-order valence-electron chi connectivity index (χ4n) is 4.51. The third-order valence-corrected chi connectivity index (χ3v) is 6.43. The van der Waals surface area contributed by atoms with Gasteiger partial charge in [0.1, 0.15) is 0 Å². The van der Waals surface area contributed by atoms with Crippen LogP contribution in [0.2, 0.25) is 0 Å². The molecule has 0 radical (unpaired) electrons. The average molecular weight is 423 g/mol. The Morgan fingerprint density at radius 1 is 1.03 bits per heavy atom. The molecule has 1 aromatic carbocycles. The molecule has 166 valence electrons. The van der Waals surface area contributed by atoms with Crippen LogP contribution in [0.25, 0.3) is 0 Å². The number of anilines is 1. The second kappa shape index (κ2) is 9.67. The van der Waals surface area contributed by atoms with Gasteiger partial charge in [0.25, 0.3) is 5.91 Å². The minimum Gasteiger partial charge on any atom is -0.334 e. The molecule has 0 unspecified atom stereocenters. The Hall–Kier alpha value is -2.63. The minimum absolute atomic E-state index is 0.0580. The van der Waals surface area contributed by atoms with Crippen LogP contribution in [-0.2, 0) is 17.9 Å². The summed E-state index contributed by atoms with van der Waals surface area (Å²) in [7, 11) is 0. The molecule has 0 saturated heterocycles. The molecular formula is C25H34N4O2. The zero-order chi connectivity index (χ0) is 21.8. The van der Waals surface area contributed by atoms with Gasteiger partial charge in [-0.15, -0.1) is 0 Å². The number of aromatic nitrogens is 2. The maximum atomic E-state index is 13.7. The summed E-state index contributed by atoms with van der Waals surface area (Å²) in [5, 5.41) is 4.71. The highest BCUT2D eigenvalue weighted by Crippen LogP contribution is 2.41. The second-order valence-corrected chi connectivity index (χ2v) is 8.85. The predicted octanol–water partition coefficient (Wildman–Crippen LogP) is 4.74. The zero-order valence-electron chi connectivity index (χ0n) is 18.8. The van der Waals surface area contributed by atoms with Crippen molar-refractivity contribution >= 4 is 17.5 Å². The maximum Gasteiger partial charge on any atom is 0.257 e. The van der Waals surface area contributed by atoms with Gasteiger partial charge >= 0.3 is 0 Å². The quantitative estimate of drug-likeness (QED) is 0.718. The molecule has 1 fully saturated rings. The summed E-state index contributed by atoms with van der Waals surface area (Å²) in [6.45, 7) is 6.43. The van der Waals surface area contributed by atoms with Crippen molar-refractivity contribution in [3.63, 3.8) is 0 Å². The molecule has 0 spiro atoms. The molecular weight excluding hydrogens is 388 g/mol. The van der Waals surface area contributed by atoms with Crippen molar-refractivity contribution in [2.24, 2.45) is 0 Å². The highest BCUT2D eigenvalue weighted by atomic mass is 16.2. The van der Waals surface area contributed by atoms with Crippen LogP contribution in [0, 0.1) is 0 Å². The third-order valence-electron chi connectivity index (χ3n) is 6.43. The molecule has 0 N–H and O–H groups in total. The molecule has 4 rings (SSSR count). The van der Waals surface area contributed by atoms with E-state index in [4.69, 9.17) is 5.10 Å². The molecule has 6 heteroatoms. The lowest BCUT2D eigenvalue weighted by Crippen LogP contribution is -2.35. The Labute approximate surface area is 185 Å². The monoisotopic (exact) mass is 422 g/mol. The van der Waals surface area contributed by atoms with Gasteiger partial charge in [0.15, 0.2) is 0 Å². The molecule has 31 heavy (non-hydrogen) atoms. The molecule has 2 amide bonds. The molecule has 2 heterocycles. The zero-order valence-corrected chi connectivity index (χ0v) is 18.8. The summed E-state index contributed by atoms with van der Waals surface area (Å²) >= 11 is 0. The number of hydrogen-bond acceptors (Lipinski definition) is 3. The lowest BCUT2D eigenvalue weighted by molar-refractivity contribution is -0.116. The smallest absolute Gasteiger partial charge is 0.257 e. The summed E-state index contributed by atoms with van der Waals surface area (Å²) in [6.07, 6.45) is 9.54. The SMILES string of the molecule is CCn1cc(C(=O)N2CCCCCCCN(C(C)=O)c3ccccc3C2)c(C2CC2)n1. The Kier molecular flexibility index (Phi) is 6.73. The molecule has 1 aliphatic heterocycles. The third kappa shape index (κ3) is 5.00. The number of para-hydroxylation sites is 1. The van der Waals surface area contributed by atoms with Crippen LogP contribution < -0.4 is 4.90 Å². The van der Waals surface area contributed by atoms with E-state index in [-0.39, 0.29) is 11.8 Å². The molecule has 1 saturated carbocycles. The first-order chi connectivity index (χ1) is 15.1. The number of aryl methyl sites for hydroxylation is 1. The van der Waals surface area contributed by atoms with Crippen molar-refractivity contribution in [1.82, 2.24) is 14.7 Å². The topological polar surface area (TPSA) is 58.4 Å².